The number of hydrogen-bond donors (Lipinski definition) is 0. The lowest BCUT2D eigenvalue weighted by Crippen LogP contribution is -2.13. The molecule has 1 aromatic carbocycles. The Morgan fingerprint density at radius 2 is 2.04 bits per heavy atom. The molecular formula is C16H14F3N3O2S. The Labute approximate surface area is 144 Å². The fourth-order valence-corrected chi connectivity index (χ4v) is 2.98. The molecule has 0 aliphatic heterocycles. The number of aromatic nitrogens is 3. The summed E-state index contributed by atoms with van der Waals surface area (Å²) in [5.41, 5.74) is 2.31. The number of halogens is 3. The molecule has 1 atom stereocenters. The fraction of sp³-hybridized carbons (Fsp3) is 0.250. The Hall–Kier alpha value is -2.26. The topological polar surface area (TPSA) is 63.0 Å². The van der Waals surface area contributed by atoms with E-state index >= 15 is 0 Å². The molecule has 0 saturated carbocycles. The molecule has 2 aromatic heterocycles. The van der Waals surface area contributed by atoms with Gasteiger partial charge in [0.05, 0.1) is 11.7 Å². The maximum absolute atomic E-state index is 13.6. The van der Waals surface area contributed by atoms with Gasteiger partial charge in [-0.3, -0.25) is 4.98 Å². The number of ether oxygens (including phenoxy) is 1. The van der Waals surface area contributed by atoms with Crippen molar-refractivity contribution in [2.75, 3.05) is 5.75 Å². The van der Waals surface area contributed by atoms with Crippen molar-refractivity contribution in [1.82, 2.24) is 14.8 Å². The van der Waals surface area contributed by atoms with Gasteiger partial charge in [0.1, 0.15) is 11.3 Å². The zero-order chi connectivity index (χ0) is 18.0. The van der Waals surface area contributed by atoms with Gasteiger partial charge in [0, 0.05) is 11.8 Å². The van der Waals surface area contributed by atoms with Crippen LogP contribution in [0, 0.1) is 5.82 Å². The van der Waals surface area contributed by atoms with Crippen molar-refractivity contribution in [2.45, 2.75) is 19.4 Å². The first kappa shape index (κ1) is 17.6. The monoisotopic (exact) mass is 369 g/mol. The van der Waals surface area contributed by atoms with E-state index in [-0.39, 0.29) is 5.88 Å². The fourth-order valence-electron chi connectivity index (χ4n) is 2.31. The molecule has 9 heteroatoms. The normalized spacial score (nSPS) is 12.7. The van der Waals surface area contributed by atoms with Gasteiger partial charge in [0.2, 0.25) is 0 Å². The third kappa shape index (κ3) is 3.88. The van der Waals surface area contributed by atoms with E-state index in [1.54, 1.807) is 16.9 Å². The molecule has 0 unspecified atom stereocenters. The van der Waals surface area contributed by atoms with Crippen LogP contribution in [0.2, 0.25) is 0 Å². The Balaban J connectivity index is 2.00. The van der Waals surface area contributed by atoms with Crippen LogP contribution in [0.1, 0.15) is 6.92 Å². The summed E-state index contributed by atoms with van der Waals surface area (Å²) in [7, 11) is 0. The third-order valence-electron chi connectivity index (χ3n) is 3.56. The van der Waals surface area contributed by atoms with Gasteiger partial charge in [-0.1, -0.05) is 6.07 Å². The molecule has 0 radical (unpaired) electrons. The van der Waals surface area contributed by atoms with E-state index in [1.165, 1.54) is 18.3 Å². The summed E-state index contributed by atoms with van der Waals surface area (Å²) in [5.74, 6) is -0.677. The van der Waals surface area contributed by atoms with Gasteiger partial charge in [0.15, 0.2) is 17.4 Å². The summed E-state index contributed by atoms with van der Waals surface area (Å²) in [6.45, 7) is -1.30. The first-order chi connectivity index (χ1) is 12.0. The predicted molar refractivity (Wildman–Crippen MR) is 88.2 cm³/mol. The Morgan fingerprint density at radius 1 is 1.24 bits per heavy atom. The van der Waals surface area contributed by atoms with Gasteiger partial charge in [-0.05, 0) is 41.9 Å². The van der Waals surface area contributed by atoms with Gasteiger partial charge >= 0.3 is 6.61 Å². The van der Waals surface area contributed by atoms with Crippen molar-refractivity contribution in [3.63, 3.8) is 0 Å². The van der Waals surface area contributed by atoms with Gasteiger partial charge in [0.25, 0.3) is 0 Å². The molecule has 0 aliphatic carbocycles. The summed E-state index contributed by atoms with van der Waals surface area (Å²) < 4.78 is 55.8. The van der Waals surface area contributed by atoms with Crippen molar-refractivity contribution in [3.05, 3.63) is 42.5 Å². The third-order valence-corrected chi connectivity index (χ3v) is 4.74. The predicted octanol–water partition coefficient (Wildman–Crippen LogP) is 3.56. The number of benzene rings is 1. The molecular weight excluding hydrogens is 355 g/mol. The minimum absolute atomic E-state index is 0.230. The van der Waals surface area contributed by atoms with Crippen LogP contribution in [0.3, 0.4) is 0 Å². The van der Waals surface area contributed by atoms with Crippen molar-refractivity contribution in [3.8, 4) is 16.9 Å². The van der Waals surface area contributed by atoms with Crippen LogP contribution in [0.25, 0.3) is 22.2 Å². The molecule has 0 N–H and O–H groups in total. The lowest BCUT2D eigenvalue weighted by Gasteiger charge is -2.10. The molecule has 3 aromatic rings. The van der Waals surface area contributed by atoms with E-state index < -0.39 is 29.4 Å². The van der Waals surface area contributed by atoms with Crippen LogP contribution in [-0.2, 0) is 17.1 Å². The highest BCUT2D eigenvalue weighted by molar-refractivity contribution is 7.90. The van der Waals surface area contributed by atoms with E-state index in [4.69, 9.17) is 0 Å². The highest BCUT2D eigenvalue weighted by Gasteiger charge is 2.14. The molecule has 25 heavy (non-hydrogen) atoms. The maximum atomic E-state index is 13.6. The lowest BCUT2D eigenvalue weighted by atomic mass is 10.1. The smallest absolute Gasteiger partial charge is 0.387 e. The van der Waals surface area contributed by atoms with Crippen LogP contribution < -0.4 is 4.74 Å². The summed E-state index contributed by atoms with van der Waals surface area (Å²) in [6.07, 6.45) is 3.09. The first-order valence-corrected chi connectivity index (χ1v) is 8.88. The van der Waals surface area contributed by atoms with Crippen LogP contribution in [-0.4, -0.2) is 31.7 Å². The largest absolute Gasteiger partial charge is 0.615 e. The number of rotatable bonds is 6. The van der Waals surface area contributed by atoms with Crippen molar-refractivity contribution in [1.29, 1.82) is 0 Å². The van der Waals surface area contributed by atoms with Crippen LogP contribution in [0.4, 0.5) is 13.2 Å². The molecule has 0 saturated heterocycles. The highest BCUT2D eigenvalue weighted by atomic mass is 32.2. The summed E-state index contributed by atoms with van der Waals surface area (Å²) in [6, 6.07) is 5.43. The van der Waals surface area contributed by atoms with E-state index in [9.17, 15) is 17.7 Å². The van der Waals surface area contributed by atoms with Crippen molar-refractivity contribution >= 4 is 22.2 Å². The van der Waals surface area contributed by atoms with Crippen molar-refractivity contribution in [2.24, 2.45) is 0 Å². The molecule has 2 heterocycles. The zero-order valence-corrected chi connectivity index (χ0v) is 14.0. The van der Waals surface area contributed by atoms with Gasteiger partial charge < -0.3 is 9.29 Å². The Morgan fingerprint density at radius 3 is 2.76 bits per heavy atom. The molecule has 5 nitrogen and oxygen atoms in total. The molecule has 0 fully saturated rings. The van der Waals surface area contributed by atoms with Gasteiger partial charge in [-0.25, -0.2) is 9.07 Å². The number of nitrogens with zero attached hydrogens (tertiary/aromatic N) is 3. The maximum Gasteiger partial charge on any atom is 0.387 e. The standard InChI is InChI=1S/C16H14F3N3O2S/c1-2-25(23)9-22-14-5-11(7-20-13(14)8-21-22)10-3-4-12(17)15(6-10)24-16(18)19/h3-8,16H,2,9H2,1H3/t25-/m1/s1. The zero-order valence-electron chi connectivity index (χ0n) is 13.2. The minimum atomic E-state index is -3.11. The summed E-state index contributed by atoms with van der Waals surface area (Å²) in [5, 5.41) is 4.17. The molecule has 132 valence electrons. The molecule has 0 bridgehead atoms. The second kappa shape index (κ2) is 7.32. The number of alkyl halides is 2. The van der Waals surface area contributed by atoms with E-state index in [0.717, 1.165) is 6.07 Å². The average molecular weight is 369 g/mol. The summed E-state index contributed by atoms with van der Waals surface area (Å²) >= 11 is -1.06. The van der Waals surface area contributed by atoms with Crippen molar-refractivity contribution < 1.29 is 22.5 Å². The van der Waals surface area contributed by atoms with Gasteiger partial charge in [-0.15, -0.1) is 0 Å². The van der Waals surface area contributed by atoms with Gasteiger partial charge in [-0.2, -0.15) is 13.9 Å². The van der Waals surface area contributed by atoms with Crippen LogP contribution in [0.15, 0.2) is 36.7 Å². The second-order valence-corrected chi connectivity index (χ2v) is 6.87. The molecule has 3 rings (SSSR count). The number of hydrogen-bond acceptors (Lipinski definition) is 4. The quantitative estimate of drug-likeness (QED) is 0.623. The Kier molecular flexibility index (Phi) is 5.14. The minimum Gasteiger partial charge on any atom is -0.615 e. The number of fused-ring (bicyclic) bond motifs is 1. The van der Waals surface area contributed by atoms with Crippen LogP contribution >= 0.6 is 0 Å². The van der Waals surface area contributed by atoms with E-state index in [0.29, 0.717) is 27.9 Å². The average Bonchev–Trinajstić information content (AvgIpc) is 2.98. The highest BCUT2D eigenvalue weighted by Crippen LogP contribution is 2.29. The van der Waals surface area contributed by atoms with Crippen LogP contribution in [0.5, 0.6) is 5.75 Å². The molecule has 0 aliphatic rings. The second-order valence-electron chi connectivity index (χ2n) is 5.15. The first-order valence-electron chi connectivity index (χ1n) is 7.39. The Bertz CT molecular complexity index is 888. The summed E-state index contributed by atoms with van der Waals surface area (Å²) in [4.78, 5) is 4.26. The van der Waals surface area contributed by atoms with E-state index in [2.05, 4.69) is 14.8 Å². The van der Waals surface area contributed by atoms with E-state index in [1.807, 2.05) is 6.92 Å². The SMILES string of the molecule is CC[S@@+]([O-])Cn1ncc2ncc(-c3ccc(F)c(OC(F)F)c3)cc21. The number of pyridine rings is 1. The lowest BCUT2D eigenvalue weighted by molar-refractivity contribution is -0.0521. The molecule has 0 spiro atoms. The molecule has 0 amide bonds.